The van der Waals surface area contributed by atoms with Gasteiger partial charge in [0.1, 0.15) is 0 Å². The Labute approximate surface area is 168 Å². The molecule has 2 saturated heterocycles. The number of carbonyl (C=O) groups is 3. The van der Waals surface area contributed by atoms with Crippen LogP contribution in [-0.2, 0) is 14.4 Å². The molecule has 2 atom stereocenters. The van der Waals surface area contributed by atoms with E-state index in [2.05, 4.69) is 16.0 Å². The Morgan fingerprint density at radius 3 is 2.48 bits per heavy atom. The van der Waals surface area contributed by atoms with Gasteiger partial charge in [-0.25, -0.2) is 0 Å². The van der Waals surface area contributed by atoms with Crippen LogP contribution in [0.1, 0.15) is 52.9 Å². The first-order valence-corrected chi connectivity index (χ1v) is 9.84. The molecular weight excluding hydrogens is 368 g/mol. The molecule has 0 aromatic heterocycles. The van der Waals surface area contributed by atoms with Crippen molar-refractivity contribution in [1.29, 1.82) is 0 Å². The normalized spacial score (nSPS) is 22.7. The Bertz CT molecular complexity index is 516. The molecule has 0 bridgehead atoms. The second kappa shape index (κ2) is 10.9. The number of amides is 3. The van der Waals surface area contributed by atoms with E-state index in [0.717, 1.165) is 38.8 Å². The number of hydrogen-bond acceptors (Lipinski definition) is 4. The zero-order valence-electron chi connectivity index (χ0n) is 16.8. The molecule has 0 radical (unpaired) electrons. The number of rotatable bonds is 6. The summed E-state index contributed by atoms with van der Waals surface area (Å²) in [6.07, 6.45) is 4.27. The maximum Gasteiger partial charge on any atom is 0.237 e. The van der Waals surface area contributed by atoms with Gasteiger partial charge in [0.25, 0.3) is 0 Å². The van der Waals surface area contributed by atoms with Gasteiger partial charge < -0.3 is 20.9 Å². The third-order valence-corrected chi connectivity index (χ3v) is 5.12. The average Bonchev–Trinajstić information content (AvgIpc) is 3.13. The van der Waals surface area contributed by atoms with Crippen molar-refractivity contribution in [3.05, 3.63) is 0 Å². The summed E-state index contributed by atoms with van der Waals surface area (Å²) in [5.74, 6) is 0.427. The first-order chi connectivity index (χ1) is 12.3. The standard InChI is InChI=1S/C19H34N4O3.ClH/c1-19(2,3)18(26)21-10-8-16(24)23-11-5-6-14(13-23)12-22-17(25)15-7-4-9-20-15;/h14-15,20H,4-13H2,1-3H3,(H,21,26)(H,22,25);1H. The van der Waals surface area contributed by atoms with Gasteiger partial charge in [0, 0.05) is 38.0 Å². The minimum absolute atomic E-state index is 0. The highest BCUT2D eigenvalue weighted by Gasteiger charge is 2.26. The molecule has 2 unspecified atom stereocenters. The molecule has 3 N–H and O–H groups in total. The summed E-state index contributed by atoms with van der Waals surface area (Å²) in [4.78, 5) is 38.2. The van der Waals surface area contributed by atoms with Crippen LogP contribution < -0.4 is 16.0 Å². The molecule has 7 nitrogen and oxygen atoms in total. The van der Waals surface area contributed by atoms with E-state index < -0.39 is 5.41 Å². The Hall–Kier alpha value is -1.34. The van der Waals surface area contributed by atoms with Crippen LogP contribution in [0.3, 0.4) is 0 Å². The maximum atomic E-state index is 12.4. The van der Waals surface area contributed by atoms with Gasteiger partial charge in [0.15, 0.2) is 0 Å². The van der Waals surface area contributed by atoms with Gasteiger partial charge in [0.2, 0.25) is 17.7 Å². The molecule has 2 heterocycles. The second-order valence-corrected chi connectivity index (χ2v) is 8.50. The molecule has 2 rings (SSSR count). The van der Waals surface area contributed by atoms with Gasteiger partial charge in [-0.1, -0.05) is 20.8 Å². The molecule has 8 heteroatoms. The third kappa shape index (κ3) is 7.66. The highest BCUT2D eigenvalue weighted by molar-refractivity contribution is 5.85. The van der Waals surface area contributed by atoms with E-state index in [1.54, 1.807) is 0 Å². The van der Waals surface area contributed by atoms with Crippen molar-refractivity contribution < 1.29 is 14.4 Å². The quantitative estimate of drug-likeness (QED) is 0.619. The van der Waals surface area contributed by atoms with Crippen molar-refractivity contribution in [2.24, 2.45) is 11.3 Å². The summed E-state index contributed by atoms with van der Waals surface area (Å²) in [5.41, 5.74) is -0.439. The zero-order valence-corrected chi connectivity index (χ0v) is 17.6. The number of likely N-dealkylation sites (tertiary alicyclic amines) is 1. The molecule has 3 amide bonds. The van der Waals surface area contributed by atoms with Crippen LogP contribution in [0.5, 0.6) is 0 Å². The molecule has 0 aromatic rings. The molecular formula is C19H35ClN4O3. The lowest BCUT2D eigenvalue weighted by atomic mass is 9.95. The Kier molecular flexibility index (Phi) is 9.53. The lowest BCUT2D eigenvalue weighted by Crippen LogP contribution is -2.47. The van der Waals surface area contributed by atoms with E-state index in [4.69, 9.17) is 0 Å². The number of hydrogen-bond donors (Lipinski definition) is 3. The summed E-state index contributed by atoms with van der Waals surface area (Å²) < 4.78 is 0. The lowest BCUT2D eigenvalue weighted by molar-refractivity contribution is -0.133. The molecule has 27 heavy (non-hydrogen) atoms. The predicted octanol–water partition coefficient (Wildman–Crippen LogP) is 1.07. The second-order valence-electron chi connectivity index (χ2n) is 8.50. The average molecular weight is 403 g/mol. The Balaban J connectivity index is 0.00000364. The van der Waals surface area contributed by atoms with Gasteiger partial charge in [-0.3, -0.25) is 14.4 Å². The van der Waals surface area contributed by atoms with Crippen LogP contribution >= 0.6 is 12.4 Å². The molecule has 2 aliphatic heterocycles. The molecule has 0 saturated carbocycles. The fourth-order valence-corrected chi connectivity index (χ4v) is 3.44. The van der Waals surface area contributed by atoms with E-state index >= 15 is 0 Å². The number of nitrogens with one attached hydrogen (secondary N) is 3. The van der Waals surface area contributed by atoms with Crippen LogP contribution in [0.2, 0.25) is 0 Å². The number of nitrogens with zero attached hydrogens (tertiary/aromatic N) is 1. The van der Waals surface area contributed by atoms with Crippen molar-refractivity contribution in [2.45, 2.75) is 58.9 Å². The summed E-state index contributed by atoms with van der Waals surface area (Å²) in [7, 11) is 0. The van der Waals surface area contributed by atoms with Gasteiger partial charge >= 0.3 is 0 Å². The van der Waals surface area contributed by atoms with Crippen molar-refractivity contribution in [3.8, 4) is 0 Å². The van der Waals surface area contributed by atoms with E-state index in [9.17, 15) is 14.4 Å². The fraction of sp³-hybridized carbons (Fsp3) is 0.842. The smallest absolute Gasteiger partial charge is 0.237 e. The molecule has 2 aliphatic rings. The maximum absolute atomic E-state index is 12.4. The van der Waals surface area contributed by atoms with Crippen LogP contribution in [0, 0.1) is 11.3 Å². The van der Waals surface area contributed by atoms with E-state index in [1.165, 1.54) is 0 Å². The van der Waals surface area contributed by atoms with Crippen molar-refractivity contribution >= 4 is 30.1 Å². The van der Waals surface area contributed by atoms with Crippen molar-refractivity contribution in [1.82, 2.24) is 20.9 Å². The summed E-state index contributed by atoms with van der Waals surface area (Å²) in [6, 6.07) is -0.0530. The van der Waals surface area contributed by atoms with Crippen LogP contribution in [0.25, 0.3) is 0 Å². The molecule has 0 aliphatic carbocycles. The topological polar surface area (TPSA) is 90.5 Å². The van der Waals surface area contributed by atoms with E-state index in [0.29, 0.717) is 32.0 Å². The highest BCUT2D eigenvalue weighted by Crippen LogP contribution is 2.17. The SMILES string of the molecule is CC(C)(C)C(=O)NCCC(=O)N1CCCC(CNC(=O)C2CCCN2)C1.Cl. The number of carbonyl (C=O) groups excluding carboxylic acids is 3. The van der Waals surface area contributed by atoms with Crippen LogP contribution in [0.15, 0.2) is 0 Å². The molecule has 0 spiro atoms. The van der Waals surface area contributed by atoms with Crippen molar-refractivity contribution in [3.63, 3.8) is 0 Å². The largest absolute Gasteiger partial charge is 0.355 e. The van der Waals surface area contributed by atoms with Gasteiger partial charge in [-0.15, -0.1) is 12.4 Å². The van der Waals surface area contributed by atoms with Crippen LogP contribution in [0.4, 0.5) is 0 Å². The van der Waals surface area contributed by atoms with Crippen LogP contribution in [-0.4, -0.2) is 61.4 Å². The minimum atomic E-state index is -0.439. The number of halogens is 1. The highest BCUT2D eigenvalue weighted by atomic mass is 35.5. The minimum Gasteiger partial charge on any atom is -0.355 e. The molecule has 156 valence electrons. The first kappa shape index (κ1) is 23.7. The van der Waals surface area contributed by atoms with E-state index in [-0.39, 0.29) is 36.2 Å². The van der Waals surface area contributed by atoms with Crippen molar-refractivity contribution in [2.75, 3.05) is 32.7 Å². The Morgan fingerprint density at radius 2 is 1.85 bits per heavy atom. The van der Waals surface area contributed by atoms with Gasteiger partial charge in [-0.2, -0.15) is 0 Å². The Morgan fingerprint density at radius 1 is 1.11 bits per heavy atom. The zero-order chi connectivity index (χ0) is 19.2. The molecule has 2 fully saturated rings. The van der Waals surface area contributed by atoms with Gasteiger partial charge in [-0.05, 0) is 38.1 Å². The van der Waals surface area contributed by atoms with E-state index in [1.807, 2.05) is 25.7 Å². The monoisotopic (exact) mass is 402 g/mol. The first-order valence-electron chi connectivity index (χ1n) is 9.84. The van der Waals surface area contributed by atoms with Gasteiger partial charge in [0.05, 0.1) is 6.04 Å². The predicted molar refractivity (Wildman–Crippen MR) is 108 cm³/mol. The summed E-state index contributed by atoms with van der Waals surface area (Å²) in [6.45, 7) is 8.93. The lowest BCUT2D eigenvalue weighted by Gasteiger charge is -2.33. The summed E-state index contributed by atoms with van der Waals surface area (Å²) >= 11 is 0. The summed E-state index contributed by atoms with van der Waals surface area (Å²) in [5, 5.41) is 9.06. The molecule has 0 aromatic carbocycles. The fourth-order valence-electron chi connectivity index (χ4n) is 3.44. The third-order valence-electron chi connectivity index (χ3n) is 5.12. The number of piperidine rings is 1.